The van der Waals surface area contributed by atoms with E-state index in [1.54, 1.807) is 0 Å². The minimum atomic E-state index is -0.560. The van der Waals surface area contributed by atoms with Crippen molar-refractivity contribution in [1.82, 2.24) is 3.11 Å². The predicted octanol–water partition coefficient (Wildman–Crippen LogP) is -0.0530. The van der Waals surface area contributed by atoms with Crippen LogP contribution in [0, 0.1) is 6.92 Å². The molecule has 2 saturated heterocycles. The van der Waals surface area contributed by atoms with Crippen LogP contribution in [0.3, 0.4) is 0 Å². The van der Waals surface area contributed by atoms with Gasteiger partial charge in [-0.05, 0) is 0 Å². The van der Waals surface area contributed by atoms with Crippen LogP contribution in [-0.4, -0.2) is 43.9 Å². The Morgan fingerprint density at radius 2 is 1.89 bits per heavy atom. The van der Waals surface area contributed by atoms with E-state index >= 15 is 0 Å². The van der Waals surface area contributed by atoms with Crippen molar-refractivity contribution in [1.29, 1.82) is 0 Å². The van der Waals surface area contributed by atoms with Crippen LogP contribution in [0.15, 0.2) is 6.07 Å². The fourth-order valence-corrected chi connectivity index (χ4v) is 6.78. The topological polar surface area (TPSA) is 48.0 Å². The monoisotopic (exact) mass is 504 g/mol. The summed E-state index contributed by atoms with van der Waals surface area (Å²) >= 11 is 6.33. The zero-order valence-corrected chi connectivity index (χ0v) is 19.5. The molecule has 0 saturated carbocycles. The first-order valence-electron chi connectivity index (χ1n) is 9.30. The second-order valence-electron chi connectivity index (χ2n) is 8.58. The number of fused-ring (bicyclic) bond motifs is 2. The average molecular weight is 505 g/mol. The molecule has 1 aromatic carbocycles. The van der Waals surface area contributed by atoms with Crippen molar-refractivity contribution >= 4 is 30.1 Å². The zero-order chi connectivity index (χ0) is 19.7. The van der Waals surface area contributed by atoms with Crippen LogP contribution < -0.4 is 31.7 Å². The van der Waals surface area contributed by atoms with Gasteiger partial charge in [0, 0.05) is 0 Å². The summed E-state index contributed by atoms with van der Waals surface area (Å²) in [6, 6.07) is 2.08. The van der Waals surface area contributed by atoms with E-state index in [1.165, 1.54) is 0 Å². The van der Waals surface area contributed by atoms with E-state index in [2.05, 4.69) is 6.92 Å². The van der Waals surface area contributed by atoms with E-state index in [1.807, 2.05) is 43.8 Å². The third-order valence-corrected chi connectivity index (χ3v) is 10.0. The van der Waals surface area contributed by atoms with Gasteiger partial charge >= 0.3 is 177 Å². The van der Waals surface area contributed by atoms with Gasteiger partial charge in [-0.3, -0.25) is 0 Å². The van der Waals surface area contributed by atoms with Gasteiger partial charge < -0.3 is 0 Å². The molecular formula is C19H25BClINO4-. The first kappa shape index (κ1) is 19.8. The quantitative estimate of drug-likeness (QED) is 0.233. The summed E-state index contributed by atoms with van der Waals surface area (Å²) in [6.07, 6.45) is 0.995. The molecule has 4 aliphatic rings. The summed E-state index contributed by atoms with van der Waals surface area (Å²) in [5, 5.41) is 0.491. The number of amides is 1. The molecular weight excluding hydrogens is 479 g/mol. The summed E-state index contributed by atoms with van der Waals surface area (Å²) in [6.45, 7) is 12.1. The maximum absolute atomic E-state index is 13.3. The summed E-state index contributed by atoms with van der Waals surface area (Å²) in [5.74, 6) is 0.535. The molecule has 2 atom stereocenters. The van der Waals surface area contributed by atoms with E-state index in [-0.39, 0.29) is 39.5 Å². The Kier molecular flexibility index (Phi) is 4.77. The van der Waals surface area contributed by atoms with Crippen LogP contribution in [0.25, 0.3) is 0 Å². The second-order valence-corrected chi connectivity index (χ2v) is 11.6. The van der Waals surface area contributed by atoms with Crippen LogP contribution in [0.5, 0.6) is 5.75 Å². The SMILES string of the molecule is Cc1c(B2OC(C)(C)C(C)(C)O2)cc2c(c1Cl)OC1C[I-]N(C2=O)[C@@H](C)C1. The van der Waals surface area contributed by atoms with Crippen molar-refractivity contribution in [2.24, 2.45) is 0 Å². The number of halogens is 2. The second kappa shape index (κ2) is 6.50. The fraction of sp³-hybridized carbons (Fsp3) is 0.632. The zero-order valence-electron chi connectivity index (χ0n) is 16.6. The summed E-state index contributed by atoms with van der Waals surface area (Å²) < 4.78 is 21.7. The molecule has 1 aromatic rings. The Bertz CT molecular complexity index is 799. The van der Waals surface area contributed by atoms with Crippen molar-refractivity contribution in [2.45, 2.75) is 71.3 Å². The normalized spacial score (nSPS) is 28.9. The molecule has 4 aliphatic heterocycles. The standard InChI is InChI=1S/C19H25BClINO4/c1-10-7-12-9-22-23(10)17(24)13-8-14(11(2)15(21)16(13)25-12)20-26-18(3,4)19(5,6)27-20/h8,10,12H,7,9H2,1-6H3/q-1/t10-,12?/m0/s1. The molecule has 0 aliphatic carbocycles. The Balaban J connectivity index is 1.82. The minimum absolute atomic E-state index is 0.0168. The van der Waals surface area contributed by atoms with E-state index in [9.17, 15) is 4.79 Å². The molecule has 0 aromatic heterocycles. The van der Waals surface area contributed by atoms with Crippen LogP contribution in [0.1, 0.15) is 57.0 Å². The van der Waals surface area contributed by atoms with Crippen LogP contribution >= 0.6 is 11.6 Å². The van der Waals surface area contributed by atoms with Gasteiger partial charge in [-0.25, -0.2) is 0 Å². The van der Waals surface area contributed by atoms with Crippen molar-refractivity contribution in [2.75, 3.05) is 4.43 Å². The number of carbonyl (C=O) groups excluding carboxylic acids is 1. The molecule has 148 valence electrons. The molecule has 2 bridgehead atoms. The van der Waals surface area contributed by atoms with Gasteiger partial charge in [-0.15, -0.1) is 0 Å². The number of nitrogens with zero attached hydrogens (tertiary/aromatic N) is 1. The molecule has 8 heteroatoms. The average Bonchev–Trinajstić information content (AvgIpc) is 2.78. The van der Waals surface area contributed by atoms with Gasteiger partial charge in [0.25, 0.3) is 0 Å². The Morgan fingerprint density at radius 1 is 1.26 bits per heavy atom. The van der Waals surface area contributed by atoms with Gasteiger partial charge in [0.2, 0.25) is 0 Å². The van der Waals surface area contributed by atoms with E-state index in [0.717, 1.165) is 21.9 Å². The maximum atomic E-state index is 13.3. The summed E-state index contributed by atoms with van der Waals surface area (Å²) in [7, 11) is -0.560. The number of benzene rings is 1. The van der Waals surface area contributed by atoms with Gasteiger partial charge in [-0.1, -0.05) is 0 Å². The number of hydrogen-bond acceptors (Lipinski definition) is 4. The van der Waals surface area contributed by atoms with Gasteiger partial charge in [0.05, 0.1) is 0 Å². The van der Waals surface area contributed by atoms with Crippen LogP contribution in [-0.2, 0) is 9.31 Å². The molecule has 0 spiro atoms. The van der Waals surface area contributed by atoms with E-state index < -0.39 is 18.3 Å². The van der Waals surface area contributed by atoms with Gasteiger partial charge in [-0.2, -0.15) is 0 Å². The molecule has 1 unspecified atom stereocenters. The Morgan fingerprint density at radius 3 is 2.48 bits per heavy atom. The van der Waals surface area contributed by atoms with Crippen molar-refractivity contribution in [3.05, 3.63) is 22.2 Å². The van der Waals surface area contributed by atoms with Crippen LogP contribution in [0.4, 0.5) is 0 Å². The number of rotatable bonds is 1. The van der Waals surface area contributed by atoms with Crippen LogP contribution in [0.2, 0.25) is 5.02 Å². The summed E-state index contributed by atoms with van der Waals surface area (Å²) in [4.78, 5) is 13.3. The van der Waals surface area contributed by atoms with Gasteiger partial charge in [0.1, 0.15) is 0 Å². The third-order valence-electron chi connectivity index (χ3n) is 6.08. The molecule has 0 radical (unpaired) electrons. The predicted molar refractivity (Wildman–Crippen MR) is 101 cm³/mol. The molecule has 27 heavy (non-hydrogen) atoms. The fourth-order valence-electron chi connectivity index (χ4n) is 3.65. The van der Waals surface area contributed by atoms with Gasteiger partial charge in [0.15, 0.2) is 0 Å². The molecule has 2 fully saturated rings. The van der Waals surface area contributed by atoms with Crippen molar-refractivity contribution < 1.29 is 40.3 Å². The number of hydrogen-bond donors (Lipinski definition) is 0. The van der Waals surface area contributed by atoms with Crippen molar-refractivity contribution in [3.8, 4) is 5.75 Å². The number of carbonyl (C=O) groups is 1. The summed E-state index contributed by atoms with van der Waals surface area (Å²) in [5.41, 5.74) is 1.27. The Labute approximate surface area is 176 Å². The number of ether oxygens (including phenoxy) is 1. The first-order chi connectivity index (χ1) is 12.5. The van der Waals surface area contributed by atoms with E-state index in [0.29, 0.717) is 16.3 Å². The number of alkyl halides is 1. The first-order valence-corrected chi connectivity index (χ1v) is 12.2. The molecule has 5 rings (SSSR count). The molecule has 1 amide bonds. The Hall–Kier alpha value is -0.505. The van der Waals surface area contributed by atoms with E-state index in [4.69, 9.17) is 25.6 Å². The molecule has 0 N–H and O–H groups in total. The third kappa shape index (κ3) is 3.09. The molecule has 5 nitrogen and oxygen atoms in total. The van der Waals surface area contributed by atoms with Crippen molar-refractivity contribution in [3.63, 3.8) is 0 Å². The molecule has 4 heterocycles.